The van der Waals surface area contributed by atoms with E-state index in [1.165, 1.54) is 12.1 Å². The minimum atomic E-state index is -3.96. The fraction of sp³-hybridized carbons (Fsp3) is 0.517. The van der Waals surface area contributed by atoms with Crippen molar-refractivity contribution in [1.82, 2.24) is 10.2 Å². The van der Waals surface area contributed by atoms with Crippen molar-refractivity contribution >= 4 is 21.7 Å². The molecule has 1 saturated carbocycles. The van der Waals surface area contributed by atoms with E-state index in [0.717, 1.165) is 12.8 Å². The number of benzene rings is 1. The zero-order chi connectivity index (χ0) is 28.3. The number of hydrogen-bond donors (Lipinski definition) is 2. The van der Waals surface area contributed by atoms with Crippen LogP contribution >= 0.6 is 0 Å². The third-order valence-electron chi connectivity index (χ3n) is 7.15. The van der Waals surface area contributed by atoms with Crippen LogP contribution in [0.3, 0.4) is 0 Å². The Morgan fingerprint density at radius 3 is 2.44 bits per heavy atom. The zero-order valence-corrected chi connectivity index (χ0v) is 23.8. The van der Waals surface area contributed by atoms with Gasteiger partial charge in [-0.1, -0.05) is 30.4 Å². The van der Waals surface area contributed by atoms with Crippen LogP contribution in [0.5, 0.6) is 5.75 Å². The normalized spacial score (nSPS) is 18.5. The summed E-state index contributed by atoms with van der Waals surface area (Å²) in [4.78, 5) is 27.2. The molecule has 0 bridgehead atoms. The van der Waals surface area contributed by atoms with Gasteiger partial charge in [-0.2, -0.15) is 0 Å². The Bertz CT molecular complexity index is 1160. The average molecular weight is 560 g/mol. The number of carbonyl (C=O) groups excluding carboxylic acids is 2. The Hall–Kier alpha value is -2.95. The molecule has 2 aliphatic rings. The number of nitrogens with zero attached hydrogens (tertiary/aromatic N) is 1. The first-order valence-electron chi connectivity index (χ1n) is 13.5. The first kappa shape index (κ1) is 30.6. The molecule has 0 unspecified atom stereocenters. The Morgan fingerprint density at radius 1 is 1.15 bits per heavy atom. The fourth-order valence-electron chi connectivity index (χ4n) is 4.72. The predicted octanol–water partition coefficient (Wildman–Crippen LogP) is 2.92. The largest absolute Gasteiger partial charge is 0.494 e. The number of methoxy groups -OCH3 is 1. The van der Waals surface area contributed by atoms with Gasteiger partial charge in [0.2, 0.25) is 5.91 Å². The molecule has 39 heavy (non-hydrogen) atoms. The first-order chi connectivity index (χ1) is 18.7. The number of likely N-dealkylation sites (tertiary alicyclic amines) is 1. The van der Waals surface area contributed by atoms with E-state index in [1.54, 1.807) is 25.3 Å². The van der Waals surface area contributed by atoms with Crippen LogP contribution in [0.25, 0.3) is 0 Å². The van der Waals surface area contributed by atoms with E-state index in [1.807, 2.05) is 31.2 Å². The number of allylic oxidation sites excluding steroid dienone is 3. The molecule has 3 rings (SSSR count). The van der Waals surface area contributed by atoms with Crippen molar-refractivity contribution in [2.45, 2.75) is 61.1 Å². The van der Waals surface area contributed by atoms with Gasteiger partial charge in [-0.3, -0.25) is 9.59 Å². The lowest BCUT2D eigenvalue weighted by molar-refractivity contribution is -0.121. The van der Waals surface area contributed by atoms with Crippen molar-refractivity contribution in [2.24, 2.45) is 5.73 Å². The van der Waals surface area contributed by atoms with E-state index in [-0.39, 0.29) is 23.6 Å². The zero-order valence-electron chi connectivity index (χ0n) is 22.9. The number of nitrogens with two attached hydrogens (primary N) is 1. The van der Waals surface area contributed by atoms with E-state index < -0.39 is 20.5 Å². The second-order valence-corrected chi connectivity index (χ2v) is 12.1. The maximum atomic E-state index is 13.5. The summed E-state index contributed by atoms with van der Waals surface area (Å²) in [5.74, 6) is -0.432. The number of piperidine rings is 1. The fourth-order valence-corrected chi connectivity index (χ4v) is 6.65. The van der Waals surface area contributed by atoms with Gasteiger partial charge in [0.1, 0.15) is 5.75 Å². The molecule has 2 fully saturated rings. The number of rotatable bonds is 15. The molecule has 1 aromatic rings. The highest BCUT2D eigenvalue weighted by Crippen LogP contribution is 2.39. The Labute approximate surface area is 232 Å². The second-order valence-electron chi connectivity index (χ2n) is 9.88. The standard InChI is InChI=1S/C29H41N3O6S/c1-3-8-23(9-5-4-6-21-37-2)27(33)31-18-7-22-38-25-12-14-26(15-13-25)39(35,36)29(28(30)34)16-19-32(20-17-29)24-10-11-24/h3-4,6,8-9,12-15,24H,5,7,10-11,16-22H2,1-2H3,(H2,30,34)(H,31,33)/b6-4?,8-3-,23-9+. The molecule has 10 heteroatoms. The first-order valence-corrected chi connectivity index (χ1v) is 15.0. The molecule has 0 aromatic heterocycles. The minimum absolute atomic E-state index is 0.0705. The molecular formula is C29H41N3O6S. The molecule has 1 heterocycles. The summed E-state index contributed by atoms with van der Waals surface area (Å²) in [5, 5.41) is 2.89. The van der Waals surface area contributed by atoms with Gasteiger partial charge >= 0.3 is 0 Å². The average Bonchev–Trinajstić information content (AvgIpc) is 3.78. The summed E-state index contributed by atoms with van der Waals surface area (Å²) < 4.78 is 36.1. The van der Waals surface area contributed by atoms with Crippen LogP contribution in [0.15, 0.2) is 65.1 Å². The lowest BCUT2D eigenvalue weighted by Crippen LogP contribution is -2.57. The number of amides is 2. The topological polar surface area (TPSA) is 128 Å². The highest BCUT2D eigenvalue weighted by Gasteiger charge is 2.52. The molecule has 1 saturated heterocycles. The predicted molar refractivity (Wildman–Crippen MR) is 151 cm³/mol. The van der Waals surface area contributed by atoms with E-state index in [4.69, 9.17) is 15.2 Å². The number of ether oxygens (including phenoxy) is 2. The van der Waals surface area contributed by atoms with E-state index in [0.29, 0.717) is 63.1 Å². The summed E-state index contributed by atoms with van der Waals surface area (Å²) in [6.45, 7) is 4.28. The van der Waals surface area contributed by atoms with Crippen LogP contribution in [0.1, 0.15) is 45.4 Å². The van der Waals surface area contributed by atoms with Crippen molar-refractivity contribution in [3.8, 4) is 5.75 Å². The van der Waals surface area contributed by atoms with Crippen LogP contribution in [0, 0.1) is 0 Å². The minimum Gasteiger partial charge on any atom is -0.494 e. The molecule has 1 aromatic carbocycles. The van der Waals surface area contributed by atoms with Crippen molar-refractivity contribution in [2.75, 3.05) is 40.0 Å². The Kier molecular flexibility index (Phi) is 11.3. The van der Waals surface area contributed by atoms with Gasteiger partial charge in [-0.15, -0.1) is 0 Å². The van der Waals surface area contributed by atoms with Crippen molar-refractivity contribution in [1.29, 1.82) is 0 Å². The van der Waals surface area contributed by atoms with Crippen molar-refractivity contribution < 1.29 is 27.5 Å². The molecule has 1 aliphatic carbocycles. The molecule has 2 amide bonds. The van der Waals surface area contributed by atoms with Crippen LogP contribution in [0.2, 0.25) is 0 Å². The van der Waals surface area contributed by atoms with Gasteiger partial charge in [0.05, 0.1) is 18.1 Å². The summed E-state index contributed by atoms with van der Waals surface area (Å²) in [7, 11) is -2.33. The molecule has 214 valence electrons. The number of primary amides is 1. The lowest BCUT2D eigenvalue weighted by Gasteiger charge is -2.39. The smallest absolute Gasteiger partial charge is 0.250 e. The molecule has 0 atom stereocenters. The van der Waals surface area contributed by atoms with Gasteiger partial charge in [-0.25, -0.2) is 8.42 Å². The molecule has 0 radical (unpaired) electrons. The number of hydrogen-bond acceptors (Lipinski definition) is 7. The third-order valence-corrected chi connectivity index (χ3v) is 9.68. The van der Waals surface area contributed by atoms with Gasteiger partial charge < -0.3 is 25.4 Å². The third kappa shape index (κ3) is 8.03. The maximum Gasteiger partial charge on any atom is 0.250 e. The molecule has 3 N–H and O–H groups in total. The summed E-state index contributed by atoms with van der Waals surface area (Å²) in [5.41, 5.74) is 6.27. The SMILES string of the molecule is C/C=C\C(=C/CC=CCOC)C(=O)NCCCOc1ccc(S(=O)(=O)C2(C(N)=O)CCN(C3CC3)CC2)cc1. The van der Waals surface area contributed by atoms with Gasteiger partial charge in [0, 0.05) is 38.4 Å². The van der Waals surface area contributed by atoms with E-state index in [2.05, 4.69) is 10.2 Å². The van der Waals surface area contributed by atoms with Gasteiger partial charge in [0.15, 0.2) is 14.6 Å². The van der Waals surface area contributed by atoms with Gasteiger partial charge in [0.25, 0.3) is 5.91 Å². The number of carbonyl (C=O) groups is 2. The highest BCUT2D eigenvalue weighted by atomic mass is 32.2. The Morgan fingerprint density at radius 2 is 1.85 bits per heavy atom. The van der Waals surface area contributed by atoms with E-state index in [9.17, 15) is 18.0 Å². The molecular weight excluding hydrogens is 518 g/mol. The molecule has 0 spiro atoms. The number of sulfone groups is 1. The number of nitrogens with one attached hydrogen (secondary N) is 1. The molecule has 9 nitrogen and oxygen atoms in total. The van der Waals surface area contributed by atoms with Crippen molar-refractivity contribution in [3.05, 3.63) is 60.2 Å². The summed E-state index contributed by atoms with van der Waals surface area (Å²) in [6, 6.07) is 6.63. The van der Waals surface area contributed by atoms with Crippen LogP contribution < -0.4 is 15.8 Å². The second kappa shape index (κ2) is 14.4. The summed E-state index contributed by atoms with van der Waals surface area (Å²) >= 11 is 0. The lowest BCUT2D eigenvalue weighted by atomic mass is 9.95. The monoisotopic (exact) mass is 559 g/mol. The molecule has 1 aliphatic heterocycles. The quantitative estimate of drug-likeness (QED) is 0.146. The van der Waals surface area contributed by atoms with Crippen LogP contribution in [-0.2, 0) is 24.2 Å². The van der Waals surface area contributed by atoms with Gasteiger partial charge in [-0.05, 0) is 69.7 Å². The van der Waals surface area contributed by atoms with Crippen LogP contribution in [0.4, 0.5) is 0 Å². The van der Waals surface area contributed by atoms with E-state index >= 15 is 0 Å². The maximum absolute atomic E-state index is 13.5. The van der Waals surface area contributed by atoms with Crippen molar-refractivity contribution in [3.63, 3.8) is 0 Å². The highest BCUT2D eigenvalue weighted by molar-refractivity contribution is 7.93. The summed E-state index contributed by atoms with van der Waals surface area (Å²) in [6.07, 6.45) is 13.2. The Balaban J connectivity index is 1.49. The van der Waals surface area contributed by atoms with Crippen LogP contribution in [-0.4, -0.2) is 75.9 Å².